The summed E-state index contributed by atoms with van der Waals surface area (Å²) >= 11 is 14.1. The number of nitrogen functional groups attached to an aromatic ring is 1. The zero-order valence-electron chi connectivity index (χ0n) is 22.7. The molecule has 0 atom stereocenters. The van der Waals surface area contributed by atoms with Crippen LogP contribution in [0.5, 0.6) is 0 Å². The first kappa shape index (κ1) is 35.4. The Hall–Kier alpha value is -3.80. The molecule has 0 heterocycles. The molecule has 13 heteroatoms. The molecule has 4 rings (SSSR count). The highest BCUT2D eigenvalue weighted by Gasteiger charge is 2.10. The third-order valence-electron chi connectivity index (χ3n) is 5.44. The number of methoxy groups -OCH3 is 2. The van der Waals surface area contributed by atoms with Gasteiger partial charge in [-0.05, 0) is 66.2 Å². The van der Waals surface area contributed by atoms with Crippen molar-refractivity contribution in [3.63, 3.8) is 0 Å². The topological polar surface area (TPSA) is 90.6 Å². The van der Waals surface area contributed by atoms with Crippen LogP contribution >= 0.6 is 39.1 Å². The summed E-state index contributed by atoms with van der Waals surface area (Å²) in [6, 6.07) is 16.5. The molecule has 0 spiro atoms. The number of benzene rings is 4. The molecule has 0 unspecified atom stereocenters. The first-order valence-corrected chi connectivity index (χ1v) is 14.0. The minimum Gasteiger partial charge on any atom is -0.465 e. The van der Waals surface area contributed by atoms with Crippen molar-refractivity contribution in [1.82, 2.24) is 0 Å². The van der Waals surface area contributed by atoms with Gasteiger partial charge in [0.05, 0.1) is 35.4 Å². The Morgan fingerprint density at radius 3 is 1.63 bits per heavy atom. The average molecular weight is 704 g/mol. The molecule has 0 amide bonds. The molecule has 0 aliphatic heterocycles. The van der Waals surface area contributed by atoms with Crippen LogP contribution in [0.1, 0.15) is 31.8 Å². The average Bonchev–Trinajstić information content (AvgIpc) is 3.00. The molecular formula is C30H25BrCl2F4N2O4. The van der Waals surface area contributed by atoms with Gasteiger partial charge in [-0.1, -0.05) is 51.3 Å². The summed E-state index contributed by atoms with van der Waals surface area (Å²) in [4.78, 5) is 22.2. The van der Waals surface area contributed by atoms with Crippen LogP contribution in [0.15, 0.2) is 72.8 Å². The third kappa shape index (κ3) is 11.1. The van der Waals surface area contributed by atoms with Crippen molar-refractivity contribution in [2.75, 3.05) is 25.3 Å². The highest BCUT2D eigenvalue weighted by molar-refractivity contribution is 9.08. The van der Waals surface area contributed by atoms with Gasteiger partial charge in [-0.25, -0.2) is 27.2 Å². The van der Waals surface area contributed by atoms with E-state index >= 15 is 0 Å². The second-order valence-corrected chi connectivity index (χ2v) is 9.76. The molecular weight excluding hydrogens is 679 g/mol. The number of alkyl halides is 1. The van der Waals surface area contributed by atoms with Crippen LogP contribution in [0, 0.1) is 23.3 Å². The maximum Gasteiger partial charge on any atom is 0.337 e. The van der Waals surface area contributed by atoms with Gasteiger partial charge in [0, 0.05) is 28.8 Å². The molecule has 4 aromatic rings. The predicted molar refractivity (Wildman–Crippen MR) is 163 cm³/mol. The van der Waals surface area contributed by atoms with Gasteiger partial charge in [0.1, 0.15) is 23.3 Å². The first-order valence-electron chi connectivity index (χ1n) is 12.1. The van der Waals surface area contributed by atoms with Crippen molar-refractivity contribution in [2.24, 2.45) is 0 Å². The molecule has 0 fully saturated rings. The van der Waals surface area contributed by atoms with Gasteiger partial charge in [0.25, 0.3) is 0 Å². The normalized spacial score (nSPS) is 9.98. The number of ether oxygens (including phenoxy) is 2. The molecule has 4 aromatic carbocycles. The van der Waals surface area contributed by atoms with E-state index in [0.29, 0.717) is 27.8 Å². The number of esters is 2. The summed E-state index contributed by atoms with van der Waals surface area (Å²) in [7, 11) is 2.49. The van der Waals surface area contributed by atoms with Crippen molar-refractivity contribution in [1.29, 1.82) is 0 Å². The molecule has 0 saturated heterocycles. The molecule has 0 bridgehead atoms. The molecule has 0 aromatic heterocycles. The molecule has 228 valence electrons. The van der Waals surface area contributed by atoms with E-state index in [2.05, 4.69) is 30.7 Å². The van der Waals surface area contributed by atoms with Gasteiger partial charge in [-0.3, -0.25) is 0 Å². The maximum atomic E-state index is 13.9. The highest BCUT2D eigenvalue weighted by atomic mass is 79.9. The van der Waals surface area contributed by atoms with Crippen molar-refractivity contribution in [3.8, 4) is 0 Å². The van der Waals surface area contributed by atoms with Gasteiger partial charge >= 0.3 is 11.9 Å². The summed E-state index contributed by atoms with van der Waals surface area (Å²) < 4.78 is 61.3. The minimum absolute atomic E-state index is 0.0125. The fraction of sp³-hybridized carbons (Fsp3) is 0.133. The number of hydrogen-bond acceptors (Lipinski definition) is 6. The van der Waals surface area contributed by atoms with E-state index in [1.165, 1.54) is 74.9 Å². The van der Waals surface area contributed by atoms with Crippen molar-refractivity contribution < 1.29 is 36.6 Å². The largest absolute Gasteiger partial charge is 0.465 e. The lowest BCUT2D eigenvalue weighted by molar-refractivity contribution is 0.0591. The molecule has 43 heavy (non-hydrogen) atoms. The van der Waals surface area contributed by atoms with Gasteiger partial charge in [-0.2, -0.15) is 0 Å². The zero-order chi connectivity index (χ0) is 32.1. The van der Waals surface area contributed by atoms with Crippen molar-refractivity contribution in [3.05, 3.63) is 128 Å². The van der Waals surface area contributed by atoms with Gasteiger partial charge in [-0.15, -0.1) is 0 Å². The summed E-state index contributed by atoms with van der Waals surface area (Å²) in [5.41, 5.74) is 7.57. The van der Waals surface area contributed by atoms with E-state index in [-0.39, 0.29) is 27.7 Å². The quantitative estimate of drug-likeness (QED) is 0.0905. The van der Waals surface area contributed by atoms with Gasteiger partial charge in [0.2, 0.25) is 0 Å². The lowest BCUT2D eigenvalue weighted by Crippen LogP contribution is -2.06. The molecule has 0 radical (unpaired) electrons. The van der Waals surface area contributed by atoms with Crippen molar-refractivity contribution >= 4 is 62.4 Å². The number of carbonyl (C=O) groups excluding carboxylic acids is 2. The number of nitrogens with one attached hydrogen (secondary N) is 1. The van der Waals surface area contributed by atoms with E-state index in [0.717, 1.165) is 6.07 Å². The van der Waals surface area contributed by atoms with Crippen LogP contribution in [0.25, 0.3) is 0 Å². The number of halogens is 7. The van der Waals surface area contributed by atoms with Crippen LogP contribution in [-0.2, 0) is 21.3 Å². The van der Waals surface area contributed by atoms with E-state index in [1.54, 1.807) is 6.07 Å². The Kier molecular flexibility index (Phi) is 14.3. The Morgan fingerprint density at radius 1 is 0.721 bits per heavy atom. The number of hydrogen-bond donors (Lipinski definition) is 2. The van der Waals surface area contributed by atoms with E-state index in [1.807, 2.05) is 0 Å². The van der Waals surface area contributed by atoms with E-state index in [9.17, 15) is 27.2 Å². The fourth-order valence-corrected chi connectivity index (χ4v) is 3.98. The molecule has 0 aliphatic carbocycles. The second-order valence-electron chi connectivity index (χ2n) is 8.39. The molecule has 6 nitrogen and oxygen atoms in total. The first-order chi connectivity index (χ1) is 20.4. The summed E-state index contributed by atoms with van der Waals surface area (Å²) in [6.45, 7) is 0.176. The van der Waals surface area contributed by atoms with Crippen LogP contribution < -0.4 is 11.1 Å². The smallest absolute Gasteiger partial charge is 0.337 e. The second kappa shape index (κ2) is 17.3. The fourth-order valence-electron chi connectivity index (χ4n) is 3.15. The SMILES string of the molecule is COC(=O)c1ccc(CBr)c(F)c1.COC(=O)c1ccc(CNc2ccc(F)c(Cl)c2)c(F)c1.Nc1ccc(F)c(Cl)c1. The third-order valence-corrected chi connectivity index (χ3v) is 6.62. The Labute approximate surface area is 263 Å². The number of nitrogens with two attached hydrogens (primary N) is 1. The molecule has 3 N–H and O–H groups in total. The number of rotatable bonds is 6. The van der Waals surface area contributed by atoms with Crippen LogP contribution in [-0.4, -0.2) is 26.2 Å². The Morgan fingerprint density at radius 2 is 1.21 bits per heavy atom. The summed E-state index contributed by atoms with van der Waals surface area (Å²) in [5.74, 6) is -3.01. The summed E-state index contributed by atoms with van der Waals surface area (Å²) in [6.07, 6.45) is 0. The maximum absolute atomic E-state index is 13.9. The van der Waals surface area contributed by atoms with Crippen molar-refractivity contribution in [2.45, 2.75) is 11.9 Å². The monoisotopic (exact) mass is 702 g/mol. The number of anilines is 2. The zero-order valence-corrected chi connectivity index (χ0v) is 25.8. The Bertz CT molecular complexity index is 1580. The number of carbonyl (C=O) groups is 2. The lowest BCUT2D eigenvalue weighted by Gasteiger charge is -2.09. The Balaban J connectivity index is 0.000000249. The lowest BCUT2D eigenvalue weighted by atomic mass is 10.1. The van der Waals surface area contributed by atoms with Crippen LogP contribution in [0.4, 0.5) is 28.9 Å². The van der Waals surface area contributed by atoms with Gasteiger partial charge < -0.3 is 20.5 Å². The highest BCUT2D eigenvalue weighted by Crippen LogP contribution is 2.21. The summed E-state index contributed by atoms with van der Waals surface area (Å²) in [5, 5.41) is 3.41. The van der Waals surface area contributed by atoms with Gasteiger partial charge in [0.15, 0.2) is 0 Å². The standard InChI is InChI=1S/C15H12ClF2NO2.C9H8BrFO2.C6H5ClFN/c1-21-15(20)9-2-3-10(14(18)6-9)8-19-11-4-5-13(17)12(16)7-11;1-13-9(12)6-2-3-7(5-10)8(11)4-6;7-5-3-4(9)1-2-6(5)8/h2-7,19H,8H2,1H3;2-4H,5H2,1H3;1-3H,9H2. The van der Waals surface area contributed by atoms with Crippen LogP contribution in [0.2, 0.25) is 10.0 Å². The van der Waals surface area contributed by atoms with E-state index < -0.39 is 35.2 Å². The minimum atomic E-state index is -0.598. The predicted octanol–water partition coefficient (Wildman–Crippen LogP) is 8.59. The van der Waals surface area contributed by atoms with Crippen LogP contribution in [0.3, 0.4) is 0 Å². The molecule has 0 aliphatic rings. The molecule has 0 saturated carbocycles. The van der Waals surface area contributed by atoms with E-state index in [4.69, 9.17) is 28.9 Å².